The first-order valence-electron chi connectivity index (χ1n) is 7.37. The third kappa shape index (κ3) is 2.03. The number of aromatic hydroxyl groups is 1. The van der Waals surface area contributed by atoms with Crippen LogP contribution in [0.25, 0.3) is 0 Å². The van der Waals surface area contributed by atoms with Crippen LogP contribution >= 0.6 is 0 Å². The van der Waals surface area contributed by atoms with Crippen molar-refractivity contribution in [1.82, 2.24) is 4.90 Å². The van der Waals surface area contributed by atoms with Gasteiger partial charge in [-0.15, -0.1) is 0 Å². The molecule has 0 bridgehead atoms. The number of fused-ring (bicyclic) bond motifs is 1. The maximum atomic E-state index is 9.62. The van der Waals surface area contributed by atoms with E-state index >= 15 is 0 Å². The van der Waals surface area contributed by atoms with Crippen molar-refractivity contribution in [2.75, 3.05) is 6.54 Å². The second-order valence-corrected chi connectivity index (χ2v) is 5.73. The Bertz CT molecular complexity index is 429. The first-order valence-corrected chi connectivity index (χ1v) is 7.37. The van der Waals surface area contributed by atoms with E-state index in [9.17, 15) is 5.11 Å². The average Bonchev–Trinajstić information content (AvgIpc) is 2.85. The Labute approximate surface area is 110 Å². The molecular formula is C16H23NO. The Kier molecular flexibility index (Phi) is 3.29. The van der Waals surface area contributed by atoms with Gasteiger partial charge in [-0.3, -0.25) is 4.90 Å². The Morgan fingerprint density at radius 3 is 3.00 bits per heavy atom. The molecule has 0 aromatic heterocycles. The topological polar surface area (TPSA) is 23.5 Å². The second kappa shape index (κ2) is 4.93. The number of hydrogen-bond acceptors (Lipinski definition) is 2. The number of rotatable bonds is 2. The Morgan fingerprint density at radius 2 is 2.17 bits per heavy atom. The number of nitrogens with zero attached hydrogens (tertiary/aromatic N) is 1. The van der Waals surface area contributed by atoms with Gasteiger partial charge < -0.3 is 5.11 Å². The lowest BCUT2D eigenvalue weighted by Crippen LogP contribution is -2.35. The Balaban J connectivity index is 1.91. The zero-order chi connectivity index (χ0) is 12.5. The quantitative estimate of drug-likeness (QED) is 0.859. The molecule has 1 aromatic carbocycles. The molecule has 1 aliphatic carbocycles. The molecule has 1 N–H and O–H groups in total. The summed E-state index contributed by atoms with van der Waals surface area (Å²) in [6.45, 7) is 3.56. The van der Waals surface area contributed by atoms with Crippen LogP contribution < -0.4 is 0 Å². The molecule has 2 heteroatoms. The molecule has 0 saturated carbocycles. The summed E-state index contributed by atoms with van der Waals surface area (Å²) in [5.41, 5.74) is 2.84. The predicted octanol–water partition coefficient (Wildman–Crippen LogP) is 3.64. The van der Waals surface area contributed by atoms with Crippen molar-refractivity contribution in [3.05, 3.63) is 29.3 Å². The van der Waals surface area contributed by atoms with Crippen LogP contribution in [0.2, 0.25) is 0 Å². The van der Waals surface area contributed by atoms with Gasteiger partial charge in [0.15, 0.2) is 0 Å². The first kappa shape index (κ1) is 12.0. The highest BCUT2D eigenvalue weighted by Crippen LogP contribution is 2.39. The number of hydrogen-bond donors (Lipinski definition) is 1. The van der Waals surface area contributed by atoms with E-state index in [0.29, 0.717) is 11.8 Å². The van der Waals surface area contributed by atoms with Crippen molar-refractivity contribution >= 4 is 0 Å². The molecule has 1 fully saturated rings. The smallest absolute Gasteiger partial charge is 0.115 e. The Morgan fingerprint density at radius 1 is 1.28 bits per heavy atom. The fraction of sp³-hybridized carbons (Fsp3) is 0.625. The van der Waals surface area contributed by atoms with Gasteiger partial charge in [0.2, 0.25) is 0 Å². The van der Waals surface area contributed by atoms with Crippen molar-refractivity contribution < 1.29 is 5.11 Å². The molecule has 18 heavy (non-hydrogen) atoms. The van der Waals surface area contributed by atoms with Crippen molar-refractivity contribution in [3.8, 4) is 5.75 Å². The van der Waals surface area contributed by atoms with E-state index in [-0.39, 0.29) is 0 Å². The van der Waals surface area contributed by atoms with E-state index in [0.717, 1.165) is 12.5 Å². The van der Waals surface area contributed by atoms with Crippen LogP contribution in [0.4, 0.5) is 0 Å². The summed E-state index contributed by atoms with van der Waals surface area (Å²) < 4.78 is 0. The normalized spacial score (nSPS) is 28.3. The molecule has 1 heterocycles. The minimum Gasteiger partial charge on any atom is -0.508 e. The fourth-order valence-corrected chi connectivity index (χ4v) is 3.83. The van der Waals surface area contributed by atoms with Gasteiger partial charge >= 0.3 is 0 Å². The van der Waals surface area contributed by atoms with Gasteiger partial charge in [-0.1, -0.05) is 13.0 Å². The number of phenolic OH excluding ortho intramolecular Hbond substituents is 1. The molecule has 1 aliphatic heterocycles. The number of benzene rings is 1. The zero-order valence-corrected chi connectivity index (χ0v) is 11.2. The molecular weight excluding hydrogens is 222 g/mol. The van der Waals surface area contributed by atoms with Gasteiger partial charge in [0.25, 0.3) is 0 Å². The third-order valence-corrected chi connectivity index (χ3v) is 4.70. The molecule has 3 rings (SSSR count). The van der Waals surface area contributed by atoms with Crippen molar-refractivity contribution in [1.29, 1.82) is 0 Å². The average molecular weight is 245 g/mol. The van der Waals surface area contributed by atoms with E-state index in [1.165, 1.54) is 49.8 Å². The van der Waals surface area contributed by atoms with Gasteiger partial charge in [0.1, 0.15) is 5.75 Å². The van der Waals surface area contributed by atoms with Gasteiger partial charge in [-0.25, -0.2) is 0 Å². The number of likely N-dealkylation sites (tertiary alicyclic amines) is 1. The van der Waals surface area contributed by atoms with Crippen LogP contribution in [0, 0.1) is 0 Å². The number of phenols is 1. The maximum Gasteiger partial charge on any atom is 0.115 e. The van der Waals surface area contributed by atoms with Crippen molar-refractivity contribution in [3.63, 3.8) is 0 Å². The SMILES string of the molecule is CCC1CCCN1C1CCCc2cc(O)ccc21. The van der Waals surface area contributed by atoms with Gasteiger partial charge in [0.05, 0.1) is 0 Å². The molecule has 2 aliphatic rings. The number of aryl methyl sites for hydroxylation is 1. The summed E-state index contributed by atoms with van der Waals surface area (Å²) in [5.74, 6) is 0.419. The van der Waals surface area contributed by atoms with E-state index in [2.05, 4.69) is 17.9 Å². The van der Waals surface area contributed by atoms with Crippen LogP contribution in [-0.2, 0) is 6.42 Å². The van der Waals surface area contributed by atoms with Gasteiger partial charge in [-0.05, 0) is 68.3 Å². The van der Waals surface area contributed by atoms with Crippen molar-refractivity contribution in [2.24, 2.45) is 0 Å². The van der Waals surface area contributed by atoms with Gasteiger partial charge in [0, 0.05) is 12.1 Å². The summed E-state index contributed by atoms with van der Waals surface area (Å²) in [5, 5.41) is 9.62. The molecule has 1 saturated heterocycles. The molecule has 0 spiro atoms. The summed E-state index contributed by atoms with van der Waals surface area (Å²) in [6.07, 6.45) is 7.65. The largest absolute Gasteiger partial charge is 0.508 e. The second-order valence-electron chi connectivity index (χ2n) is 5.73. The zero-order valence-electron chi connectivity index (χ0n) is 11.2. The minimum atomic E-state index is 0.419. The van der Waals surface area contributed by atoms with E-state index in [1.807, 2.05) is 12.1 Å². The molecule has 0 radical (unpaired) electrons. The highest BCUT2D eigenvalue weighted by atomic mass is 16.3. The van der Waals surface area contributed by atoms with Crippen LogP contribution in [0.1, 0.15) is 56.2 Å². The van der Waals surface area contributed by atoms with Crippen LogP contribution in [0.5, 0.6) is 5.75 Å². The maximum absolute atomic E-state index is 9.62. The Hall–Kier alpha value is -1.02. The molecule has 2 atom stereocenters. The third-order valence-electron chi connectivity index (χ3n) is 4.70. The standard InChI is InChI=1S/C16H23NO/c1-2-13-6-4-10-17(13)16-7-3-5-12-11-14(18)8-9-15(12)16/h8-9,11,13,16,18H,2-7,10H2,1H3. The summed E-state index contributed by atoms with van der Waals surface area (Å²) in [6, 6.07) is 7.35. The predicted molar refractivity (Wildman–Crippen MR) is 73.8 cm³/mol. The lowest BCUT2D eigenvalue weighted by Gasteiger charge is -2.36. The monoisotopic (exact) mass is 245 g/mol. The molecule has 2 unspecified atom stereocenters. The first-order chi connectivity index (χ1) is 8.79. The summed E-state index contributed by atoms with van der Waals surface area (Å²) in [4.78, 5) is 2.72. The van der Waals surface area contributed by atoms with Crippen LogP contribution in [0.3, 0.4) is 0 Å². The fourth-order valence-electron chi connectivity index (χ4n) is 3.83. The lowest BCUT2D eigenvalue weighted by atomic mass is 9.86. The van der Waals surface area contributed by atoms with E-state index < -0.39 is 0 Å². The summed E-state index contributed by atoms with van der Waals surface area (Å²) >= 11 is 0. The van der Waals surface area contributed by atoms with Crippen LogP contribution in [0.15, 0.2) is 18.2 Å². The van der Waals surface area contributed by atoms with Crippen molar-refractivity contribution in [2.45, 2.75) is 57.5 Å². The highest BCUT2D eigenvalue weighted by molar-refractivity contribution is 5.38. The van der Waals surface area contributed by atoms with Crippen LogP contribution in [-0.4, -0.2) is 22.6 Å². The highest BCUT2D eigenvalue weighted by Gasteiger charge is 2.32. The molecule has 1 aromatic rings. The molecule has 2 nitrogen and oxygen atoms in total. The molecule has 0 amide bonds. The lowest BCUT2D eigenvalue weighted by molar-refractivity contribution is 0.159. The van der Waals surface area contributed by atoms with E-state index in [4.69, 9.17) is 0 Å². The molecule has 98 valence electrons. The minimum absolute atomic E-state index is 0.419. The van der Waals surface area contributed by atoms with E-state index in [1.54, 1.807) is 0 Å². The van der Waals surface area contributed by atoms with Gasteiger partial charge in [-0.2, -0.15) is 0 Å². The summed E-state index contributed by atoms with van der Waals surface area (Å²) in [7, 11) is 0.